The number of carbonyl (C=O) groups is 2. The molecule has 0 aromatic heterocycles. The van der Waals surface area contributed by atoms with Crippen LogP contribution in [0.3, 0.4) is 0 Å². The number of rotatable bonds is 13. The minimum Gasteiger partial charge on any atom is -0.354 e. The van der Waals surface area contributed by atoms with Crippen molar-refractivity contribution in [2.45, 2.75) is 71.4 Å². The first-order valence-corrected chi connectivity index (χ1v) is 16.3. The van der Waals surface area contributed by atoms with E-state index < -0.39 is 28.5 Å². The van der Waals surface area contributed by atoms with E-state index in [9.17, 15) is 18.0 Å². The highest BCUT2D eigenvalue weighted by atomic mass is 35.5. The average Bonchev–Trinajstić information content (AvgIpc) is 2.93. The number of benzene rings is 3. The minimum atomic E-state index is -4.14. The molecule has 0 saturated heterocycles. The summed E-state index contributed by atoms with van der Waals surface area (Å²) in [5.41, 5.74) is 3.66. The Balaban J connectivity index is 2.08. The number of nitrogens with one attached hydrogen (secondary N) is 1. The Kier molecular flexibility index (Phi) is 11.9. The summed E-state index contributed by atoms with van der Waals surface area (Å²) in [6.07, 6.45) is 2.04. The van der Waals surface area contributed by atoms with Gasteiger partial charge in [-0.1, -0.05) is 73.3 Å². The smallest absolute Gasteiger partial charge is 0.264 e. The van der Waals surface area contributed by atoms with Gasteiger partial charge in [0.25, 0.3) is 10.0 Å². The lowest BCUT2D eigenvalue weighted by molar-refractivity contribution is -0.140. The van der Waals surface area contributed by atoms with Crippen molar-refractivity contribution in [1.29, 1.82) is 0 Å². The molecule has 0 heterocycles. The number of anilines is 1. The van der Waals surface area contributed by atoms with E-state index in [2.05, 4.69) is 5.32 Å². The topological polar surface area (TPSA) is 86.8 Å². The molecule has 10 heteroatoms. The van der Waals surface area contributed by atoms with Gasteiger partial charge in [0.2, 0.25) is 11.8 Å². The predicted molar refractivity (Wildman–Crippen MR) is 171 cm³/mol. The zero-order valence-electron chi connectivity index (χ0n) is 24.8. The molecule has 1 N–H and O–H groups in total. The fourth-order valence-corrected chi connectivity index (χ4v) is 6.44. The summed E-state index contributed by atoms with van der Waals surface area (Å²) in [6, 6.07) is 16.1. The van der Waals surface area contributed by atoms with Crippen LogP contribution in [0.15, 0.2) is 65.6 Å². The van der Waals surface area contributed by atoms with E-state index >= 15 is 0 Å². The number of unbranched alkanes of at least 4 members (excludes halogenated alkanes) is 1. The molecule has 0 saturated carbocycles. The highest BCUT2D eigenvalue weighted by molar-refractivity contribution is 7.92. The van der Waals surface area contributed by atoms with Gasteiger partial charge in [-0.25, -0.2) is 8.42 Å². The van der Waals surface area contributed by atoms with Crippen molar-refractivity contribution < 1.29 is 18.0 Å². The average molecular weight is 633 g/mol. The number of amides is 2. The molecule has 226 valence electrons. The van der Waals surface area contributed by atoms with Crippen LogP contribution >= 0.6 is 23.2 Å². The summed E-state index contributed by atoms with van der Waals surface area (Å²) in [4.78, 5) is 29.0. The van der Waals surface area contributed by atoms with Crippen molar-refractivity contribution in [3.8, 4) is 0 Å². The highest BCUT2D eigenvalue weighted by Crippen LogP contribution is 2.28. The van der Waals surface area contributed by atoms with Crippen LogP contribution in [0.4, 0.5) is 5.69 Å². The maximum absolute atomic E-state index is 14.2. The van der Waals surface area contributed by atoms with Crippen LogP contribution < -0.4 is 9.62 Å². The van der Waals surface area contributed by atoms with Gasteiger partial charge in [0, 0.05) is 13.1 Å². The molecule has 0 aliphatic carbocycles. The maximum Gasteiger partial charge on any atom is 0.264 e. The van der Waals surface area contributed by atoms with Gasteiger partial charge in [0.05, 0.1) is 20.6 Å². The van der Waals surface area contributed by atoms with E-state index in [4.69, 9.17) is 23.2 Å². The third-order valence-electron chi connectivity index (χ3n) is 6.93. The van der Waals surface area contributed by atoms with Crippen LogP contribution in [0.1, 0.15) is 55.4 Å². The number of hydrogen-bond acceptors (Lipinski definition) is 4. The van der Waals surface area contributed by atoms with Crippen LogP contribution in [0.2, 0.25) is 10.0 Å². The Bertz CT molecular complexity index is 1490. The normalized spacial score (nSPS) is 12.1. The second kappa shape index (κ2) is 14.9. The molecule has 0 aliphatic heterocycles. The number of sulfonamides is 1. The molecule has 3 aromatic carbocycles. The molecule has 0 aliphatic rings. The van der Waals surface area contributed by atoms with E-state index in [1.165, 1.54) is 17.0 Å². The molecule has 0 fully saturated rings. The van der Waals surface area contributed by atoms with Crippen LogP contribution in [0, 0.1) is 20.8 Å². The fourth-order valence-electron chi connectivity index (χ4n) is 4.72. The Morgan fingerprint density at radius 3 is 2.07 bits per heavy atom. The third-order valence-corrected chi connectivity index (χ3v) is 9.46. The maximum atomic E-state index is 14.2. The molecule has 42 heavy (non-hydrogen) atoms. The van der Waals surface area contributed by atoms with Crippen LogP contribution in [-0.4, -0.2) is 44.3 Å². The number of halogens is 2. The van der Waals surface area contributed by atoms with Crippen LogP contribution in [0.25, 0.3) is 0 Å². The van der Waals surface area contributed by atoms with Gasteiger partial charge in [-0.15, -0.1) is 0 Å². The van der Waals surface area contributed by atoms with Gasteiger partial charge >= 0.3 is 0 Å². The number of carbonyl (C=O) groups excluding carboxylic acids is 2. The van der Waals surface area contributed by atoms with Gasteiger partial charge in [0.15, 0.2) is 0 Å². The third kappa shape index (κ3) is 8.49. The summed E-state index contributed by atoms with van der Waals surface area (Å²) in [5.74, 6) is -0.813. The monoisotopic (exact) mass is 631 g/mol. The number of aryl methyl sites for hydroxylation is 3. The Morgan fingerprint density at radius 1 is 0.857 bits per heavy atom. The Hall–Kier alpha value is -3.07. The molecule has 0 radical (unpaired) electrons. The molecule has 2 amide bonds. The molecule has 1 unspecified atom stereocenters. The fraction of sp³-hybridized carbons (Fsp3) is 0.375. The molecule has 3 aromatic rings. The number of nitrogens with zero attached hydrogens (tertiary/aromatic N) is 2. The lowest BCUT2D eigenvalue weighted by atomic mass is 10.1. The molecule has 0 spiro atoms. The molecule has 0 bridgehead atoms. The van der Waals surface area contributed by atoms with Crippen molar-refractivity contribution in [3.63, 3.8) is 0 Å². The van der Waals surface area contributed by atoms with Crippen molar-refractivity contribution in [2.24, 2.45) is 0 Å². The highest BCUT2D eigenvalue weighted by Gasteiger charge is 2.33. The van der Waals surface area contributed by atoms with Gasteiger partial charge in [-0.2, -0.15) is 0 Å². The first kappa shape index (κ1) is 33.4. The Morgan fingerprint density at radius 2 is 1.50 bits per heavy atom. The summed E-state index contributed by atoms with van der Waals surface area (Å²) in [7, 11) is -4.14. The SMILES string of the molecule is CCCCNC(=O)C(CC)N(Cc1ccc(Cl)c(Cl)c1)C(=O)CN(c1cc(C)cc(C)c1)S(=O)(=O)c1ccc(C)cc1. The van der Waals surface area contributed by atoms with Crippen molar-refractivity contribution in [1.82, 2.24) is 10.2 Å². The van der Waals surface area contributed by atoms with Gasteiger partial charge in [-0.3, -0.25) is 13.9 Å². The second-order valence-corrected chi connectivity index (χ2v) is 13.2. The summed E-state index contributed by atoms with van der Waals surface area (Å²) < 4.78 is 29.2. The van der Waals surface area contributed by atoms with Crippen molar-refractivity contribution in [3.05, 3.63) is 93.0 Å². The van der Waals surface area contributed by atoms with E-state index in [0.717, 1.165) is 33.8 Å². The summed E-state index contributed by atoms with van der Waals surface area (Å²) >= 11 is 12.4. The van der Waals surface area contributed by atoms with E-state index in [1.807, 2.05) is 40.7 Å². The first-order valence-electron chi connectivity index (χ1n) is 14.1. The predicted octanol–water partition coefficient (Wildman–Crippen LogP) is 6.84. The van der Waals surface area contributed by atoms with Gasteiger partial charge in [0.1, 0.15) is 12.6 Å². The second-order valence-electron chi connectivity index (χ2n) is 10.5. The van der Waals surface area contributed by atoms with Crippen molar-refractivity contribution in [2.75, 3.05) is 17.4 Å². The molecular weight excluding hydrogens is 593 g/mol. The standard InChI is InChI=1S/C32H39Cl2N3O4S/c1-6-8-15-35-32(39)30(7-2)36(20-25-11-14-28(33)29(34)19-25)31(38)21-37(26-17-23(4)16-24(5)18-26)42(40,41)27-12-9-22(3)10-13-27/h9-14,16-19,30H,6-8,15,20-21H2,1-5H3,(H,35,39). The van der Waals surface area contributed by atoms with E-state index in [1.54, 1.807) is 42.5 Å². The van der Waals surface area contributed by atoms with E-state index in [-0.39, 0.29) is 17.3 Å². The lowest BCUT2D eigenvalue weighted by Gasteiger charge is -2.33. The molecule has 1 atom stereocenters. The van der Waals surface area contributed by atoms with Crippen molar-refractivity contribution >= 4 is 50.7 Å². The zero-order chi connectivity index (χ0) is 31.0. The van der Waals surface area contributed by atoms with E-state index in [0.29, 0.717) is 34.3 Å². The summed E-state index contributed by atoms with van der Waals surface area (Å²) in [6.45, 7) is 9.50. The quantitative estimate of drug-likeness (QED) is 0.209. The largest absolute Gasteiger partial charge is 0.354 e. The Labute approximate surface area is 259 Å². The first-order chi connectivity index (χ1) is 19.9. The van der Waals surface area contributed by atoms with Gasteiger partial charge in [-0.05, 0) is 86.7 Å². The zero-order valence-corrected chi connectivity index (χ0v) is 27.1. The number of hydrogen-bond donors (Lipinski definition) is 1. The molecule has 3 rings (SSSR count). The van der Waals surface area contributed by atoms with Crippen LogP contribution in [0.5, 0.6) is 0 Å². The lowest BCUT2D eigenvalue weighted by Crippen LogP contribution is -2.52. The van der Waals surface area contributed by atoms with Gasteiger partial charge < -0.3 is 10.2 Å². The minimum absolute atomic E-state index is 0.0424. The van der Waals surface area contributed by atoms with Crippen LogP contribution in [-0.2, 0) is 26.2 Å². The molecule has 7 nitrogen and oxygen atoms in total. The molecular formula is C32H39Cl2N3O4S. The summed E-state index contributed by atoms with van der Waals surface area (Å²) in [5, 5.41) is 3.61.